The average Bonchev–Trinajstić information content (AvgIpc) is 2.46. The first kappa shape index (κ1) is 14.8. The van der Waals surface area contributed by atoms with Crippen LogP contribution in [0.5, 0.6) is 0 Å². The van der Waals surface area contributed by atoms with Gasteiger partial charge in [-0.15, -0.1) is 0 Å². The van der Waals surface area contributed by atoms with E-state index in [1.807, 2.05) is 12.1 Å². The average molecular weight is 278 g/mol. The lowest BCUT2D eigenvalue weighted by Crippen LogP contribution is -2.11. The van der Waals surface area contributed by atoms with Crippen molar-refractivity contribution >= 4 is 5.91 Å². The van der Waals surface area contributed by atoms with Gasteiger partial charge < -0.3 is 5.73 Å². The number of rotatable bonds is 3. The Balaban J connectivity index is 2.15. The highest BCUT2D eigenvalue weighted by Crippen LogP contribution is 2.09. The van der Waals surface area contributed by atoms with Crippen molar-refractivity contribution in [3.8, 4) is 11.8 Å². The molecule has 0 aliphatic carbocycles. The van der Waals surface area contributed by atoms with Gasteiger partial charge in [0, 0.05) is 23.5 Å². The maximum Gasteiger partial charge on any atom is 0.250 e. The number of pyridine rings is 1. The number of aromatic nitrogens is 1. The maximum absolute atomic E-state index is 11.1. The lowest BCUT2D eigenvalue weighted by atomic mass is 10.0. The van der Waals surface area contributed by atoms with Crippen molar-refractivity contribution in [2.45, 2.75) is 20.3 Å². The molecule has 0 spiro atoms. The standard InChI is InChI=1S/C18H18N2O/c1-13(2)9-15-6-3-14(4-7-15)5-8-16-10-17(18(19)21)12-20-11-16/h3-4,6-7,10-13H,9H2,1-2H3,(H2,19,21). The molecule has 0 saturated carbocycles. The van der Waals surface area contributed by atoms with E-state index < -0.39 is 5.91 Å². The van der Waals surface area contributed by atoms with Gasteiger partial charge in [-0.1, -0.05) is 37.8 Å². The van der Waals surface area contributed by atoms with Crippen molar-refractivity contribution < 1.29 is 4.79 Å². The molecule has 0 bridgehead atoms. The van der Waals surface area contributed by atoms with E-state index in [0.717, 1.165) is 12.0 Å². The number of nitrogens with zero attached hydrogens (tertiary/aromatic N) is 1. The highest BCUT2D eigenvalue weighted by atomic mass is 16.1. The lowest BCUT2D eigenvalue weighted by Gasteiger charge is -2.04. The molecule has 2 rings (SSSR count). The van der Waals surface area contributed by atoms with Gasteiger partial charge in [-0.05, 0) is 36.1 Å². The highest BCUT2D eigenvalue weighted by Gasteiger charge is 2.00. The number of amides is 1. The minimum Gasteiger partial charge on any atom is -0.366 e. The molecule has 3 heteroatoms. The van der Waals surface area contributed by atoms with Gasteiger partial charge in [0.05, 0.1) is 5.56 Å². The first-order chi connectivity index (χ1) is 10.0. The van der Waals surface area contributed by atoms with Crippen LogP contribution in [0.3, 0.4) is 0 Å². The third kappa shape index (κ3) is 4.47. The smallest absolute Gasteiger partial charge is 0.250 e. The van der Waals surface area contributed by atoms with E-state index in [-0.39, 0.29) is 0 Å². The van der Waals surface area contributed by atoms with Crippen LogP contribution in [0.2, 0.25) is 0 Å². The van der Waals surface area contributed by atoms with Crippen molar-refractivity contribution in [2.75, 3.05) is 0 Å². The molecule has 1 aromatic heterocycles. The molecular weight excluding hydrogens is 260 g/mol. The topological polar surface area (TPSA) is 56.0 Å². The fourth-order valence-electron chi connectivity index (χ4n) is 1.98. The number of primary amides is 1. The van der Waals surface area contributed by atoms with Gasteiger partial charge in [0.2, 0.25) is 5.91 Å². The maximum atomic E-state index is 11.1. The van der Waals surface area contributed by atoms with E-state index in [9.17, 15) is 4.79 Å². The summed E-state index contributed by atoms with van der Waals surface area (Å²) in [5.41, 5.74) is 8.52. The largest absolute Gasteiger partial charge is 0.366 e. The number of hydrogen-bond acceptors (Lipinski definition) is 2. The van der Waals surface area contributed by atoms with Gasteiger partial charge in [-0.2, -0.15) is 0 Å². The van der Waals surface area contributed by atoms with Gasteiger partial charge in [0.25, 0.3) is 0 Å². The van der Waals surface area contributed by atoms with Gasteiger partial charge in [0.1, 0.15) is 0 Å². The minimum atomic E-state index is -0.496. The molecule has 0 aliphatic heterocycles. The molecule has 0 aliphatic rings. The van der Waals surface area contributed by atoms with Crippen molar-refractivity contribution in [2.24, 2.45) is 11.7 Å². The number of hydrogen-bond donors (Lipinski definition) is 1. The summed E-state index contributed by atoms with van der Waals surface area (Å²) in [6.45, 7) is 4.40. The fraction of sp³-hybridized carbons (Fsp3) is 0.222. The summed E-state index contributed by atoms with van der Waals surface area (Å²) < 4.78 is 0. The normalized spacial score (nSPS) is 10.0. The van der Waals surface area contributed by atoms with Crippen LogP contribution in [0.25, 0.3) is 0 Å². The number of nitrogens with two attached hydrogens (primary N) is 1. The van der Waals surface area contributed by atoms with E-state index in [1.54, 1.807) is 12.3 Å². The van der Waals surface area contributed by atoms with E-state index in [0.29, 0.717) is 17.0 Å². The molecule has 21 heavy (non-hydrogen) atoms. The monoisotopic (exact) mass is 278 g/mol. The zero-order chi connectivity index (χ0) is 15.2. The quantitative estimate of drug-likeness (QED) is 0.878. The molecule has 2 N–H and O–H groups in total. The molecule has 3 nitrogen and oxygen atoms in total. The SMILES string of the molecule is CC(C)Cc1ccc(C#Cc2cncc(C(N)=O)c2)cc1. The van der Waals surface area contributed by atoms with Crippen LogP contribution < -0.4 is 5.73 Å². The van der Waals surface area contributed by atoms with Crippen LogP contribution in [0.1, 0.15) is 40.9 Å². The van der Waals surface area contributed by atoms with Gasteiger partial charge in [-0.3, -0.25) is 9.78 Å². The molecule has 0 fully saturated rings. The zero-order valence-electron chi connectivity index (χ0n) is 12.3. The van der Waals surface area contributed by atoms with E-state index >= 15 is 0 Å². The first-order valence-corrected chi connectivity index (χ1v) is 6.90. The van der Waals surface area contributed by atoms with Gasteiger partial charge in [0.15, 0.2) is 0 Å². The first-order valence-electron chi connectivity index (χ1n) is 6.90. The Labute approximate surface area is 125 Å². The highest BCUT2D eigenvalue weighted by molar-refractivity contribution is 5.92. The Kier molecular flexibility index (Phi) is 4.73. The van der Waals surface area contributed by atoms with Crippen LogP contribution >= 0.6 is 0 Å². The Bertz CT molecular complexity index is 691. The van der Waals surface area contributed by atoms with Gasteiger partial charge >= 0.3 is 0 Å². The fourth-order valence-corrected chi connectivity index (χ4v) is 1.98. The van der Waals surface area contributed by atoms with Crippen molar-refractivity contribution in [3.63, 3.8) is 0 Å². The van der Waals surface area contributed by atoms with Crippen LogP contribution in [-0.2, 0) is 6.42 Å². The van der Waals surface area contributed by atoms with Crippen molar-refractivity contribution in [3.05, 3.63) is 65.0 Å². The summed E-state index contributed by atoms with van der Waals surface area (Å²) in [7, 11) is 0. The molecule has 1 heterocycles. The second-order valence-electron chi connectivity index (χ2n) is 5.37. The van der Waals surface area contributed by atoms with E-state index in [1.165, 1.54) is 11.8 Å². The Morgan fingerprint density at radius 1 is 1.14 bits per heavy atom. The summed E-state index contributed by atoms with van der Waals surface area (Å²) in [5.74, 6) is 6.21. The number of carbonyl (C=O) groups excluding carboxylic acids is 1. The summed E-state index contributed by atoms with van der Waals surface area (Å²) in [6, 6.07) is 9.87. The predicted octanol–water partition coefficient (Wildman–Crippen LogP) is 2.78. The number of benzene rings is 1. The molecular formula is C18H18N2O. The Morgan fingerprint density at radius 3 is 2.43 bits per heavy atom. The molecule has 0 atom stereocenters. The predicted molar refractivity (Wildman–Crippen MR) is 83.7 cm³/mol. The molecule has 0 unspecified atom stereocenters. The third-order valence-corrected chi connectivity index (χ3v) is 2.97. The second-order valence-corrected chi connectivity index (χ2v) is 5.37. The van der Waals surface area contributed by atoms with Gasteiger partial charge in [-0.25, -0.2) is 0 Å². The zero-order valence-corrected chi connectivity index (χ0v) is 12.3. The molecule has 106 valence electrons. The summed E-state index contributed by atoms with van der Waals surface area (Å²) in [6.07, 6.45) is 4.12. The molecule has 1 aromatic carbocycles. The number of carbonyl (C=O) groups is 1. The molecule has 2 aromatic rings. The second kappa shape index (κ2) is 6.71. The molecule has 0 saturated heterocycles. The molecule has 0 radical (unpaired) electrons. The lowest BCUT2D eigenvalue weighted by molar-refractivity contribution is 0.1000. The molecule has 1 amide bonds. The van der Waals surface area contributed by atoms with Crippen LogP contribution in [0.4, 0.5) is 0 Å². The van der Waals surface area contributed by atoms with Crippen LogP contribution in [0, 0.1) is 17.8 Å². The van der Waals surface area contributed by atoms with E-state index in [2.05, 4.69) is 42.8 Å². The minimum absolute atomic E-state index is 0.370. The third-order valence-electron chi connectivity index (χ3n) is 2.97. The van der Waals surface area contributed by atoms with Crippen LogP contribution in [-0.4, -0.2) is 10.9 Å². The van der Waals surface area contributed by atoms with Crippen molar-refractivity contribution in [1.29, 1.82) is 0 Å². The summed E-state index contributed by atoms with van der Waals surface area (Å²) in [5, 5.41) is 0. The summed E-state index contributed by atoms with van der Waals surface area (Å²) in [4.78, 5) is 15.0. The Hall–Kier alpha value is -2.60. The van der Waals surface area contributed by atoms with Crippen molar-refractivity contribution in [1.82, 2.24) is 4.98 Å². The van der Waals surface area contributed by atoms with Crippen LogP contribution in [0.15, 0.2) is 42.7 Å². The Morgan fingerprint density at radius 2 is 1.81 bits per heavy atom. The van der Waals surface area contributed by atoms with E-state index in [4.69, 9.17) is 5.73 Å². The summed E-state index contributed by atoms with van der Waals surface area (Å²) >= 11 is 0.